The van der Waals surface area contributed by atoms with Gasteiger partial charge in [0, 0.05) is 18.7 Å². The molecule has 2 aromatic rings. The summed E-state index contributed by atoms with van der Waals surface area (Å²) < 4.78 is 0. The van der Waals surface area contributed by atoms with E-state index < -0.39 is 0 Å². The van der Waals surface area contributed by atoms with Crippen molar-refractivity contribution >= 4 is 11.7 Å². The Morgan fingerprint density at radius 2 is 1.88 bits per heavy atom. The van der Waals surface area contributed by atoms with Gasteiger partial charge in [0.25, 0.3) is 0 Å². The minimum Gasteiger partial charge on any atom is -0.310 e. The highest BCUT2D eigenvalue weighted by Gasteiger charge is 2.05. The average molecular weight is 212 g/mol. The Bertz CT molecular complexity index is 494. The Morgan fingerprint density at radius 3 is 2.56 bits per heavy atom. The van der Waals surface area contributed by atoms with Gasteiger partial charge in [0.05, 0.1) is 0 Å². The summed E-state index contributed by atoms with van der Waals surface area (Å²) in [6, 6.07) is 13.6. The Kier molecular flexibility index (Phi) is 2.96. The quantitative estimate of drug-likeness (QED) is 0.831. The highest BCUT2D eigenvalue weighted by Crippen LogP contribution is 2.25. The van der Waals surface area contributed by atoms with E-state index in [2.05, 4.69) is 10.3 Å². The third-order valence-corrected chi connectivity index (χ3v) is 2.19. The van der Waals surface area contributed by atoms with E-state index >= 15 is 0 Å². The van der Waals surface area contributed by atoms with Gasteiger partial charge in [-0.2, -0.15) is 0 Å². The average Bonchev–Trinajstić information content (AvgIpc) is 2.30. The molecule has 1 aromatic carbocycles. The minimum absolute atomic E-state index is 0.115. The molecule has 0 bridgehead atoms. The molecule has 16 heavy (non-hydrogen) atoms. The summed E-state index contributed by atoms with van der Waals surface area (Å²) in [5.74, 6) is 0.483. The maximum absolute atomic E-state index is 11.0. The van der Waals surface area contributed by atoms with Gasteiger partial charge in [-0.3, -0.25) is 4.79 Å². The van der Waals surface area contributed by atoms with Crippen LogP contribution in [0.25, 0.3) is 11.1 Å². The number of rotatable bonds is 2. The van der Waals surface area contributed by atoms with Gasteiger partial charge in [0.1, 0.15) is 5.82 Å². The van der Waals surface area contributed by atoms with Crippen LogP contribution in [0.4, 0.5) is 5.82 Å². The molecule has 0 unspecified atom stereocenters. The third kappa shape index (κ3) is 2.25. The zero-order chi connectivity index (χ0) is 11.4. The number of carbonyl (C=O) groups is 1. The van der Waals surface area contributed by atoms with Crippen molar-refractivity contribution in [3.8, 4) is 11.1 Å². The molecule has 2 rings (SSSR count). The van der Waals surface area contributed by atoms with E-state index in [0.717, 1.165) is 11.1 Å². The second-order valence-corrected chi connectivity index (χ2v) is 3.45. The second kappa shape index (κ2) is 4.57. The van der Waals surface area contributed by atoms with Gasteiger partial charge in [0.15, 0.2) is 0 Å². The Labute approximate surface area is 94.1 Å². The van der Waals surface area contributed by atoms with Crippen molar-refractivity contribution in [2.24, 2.45) is 0 Å². The molecule has 3 nitrogen and oxygen atoms in total. The summed E-state index contributed by atoms with van der Waals surface area (Å²) >= 11 is 0. The first kappa shape index (κ1) is 10.4. The van der Waals surface area contributed by atoms with Crippen molar-refractivity contribution in [1.82, 2.24) is 4.98 Å². The van der Waals surface area contributed by atoms with Crippen LogP contribution in [0, 0.1) is 0 Å². The van der Waals surface area contributed by atoms with E-state index in [9.17, 15) is 4.79 Å². The molecule has 0 atom stereocenters. The van der Waals surface area contributed by atoms with Crippen LogP contribution >= 0.6 is 0 Å². The van der Waals surface area contributed by atoms with Gasteiger partial charge in [-0.25, -0.2) is 4.98 Å². The number of anilines is 1. The van der Waals surface area contributed by atoms with Crippen LogP contribution < -0.4 is 5.32 Å². The lowest BCUT2D eigenvalue weighted by molar-refractivity contribution is -0.114. The monoisotopic (exact) mass is 212 g/mol. The number of nitrogens with one attached hydrogen (secondary N) is 1. The van der Waals surface area contributed by atoms with Gasteiger partial charge in [-0.1, -0.05) is 30.3 Å². The normalized spacial score (nSPS) is 9.81. The molecule has 0 saturated heterocycles. The van der Waals surface area contributed by atoms with Crippen LogP contribution in [0.2, 0.25) is 0 Å². The third-order valence-electron chi connectivity index (χ3n) is 2.19. The number of benzene rings is 1. The smallest absolute Gasteiger partial charge is 0.222 e. The molecule has 0 aliphatic carbocycles. The van der Waals surface area contributed by atoms with E-state index in [1.807, 2.05) is 42.5 Å². The predicted octanol–water partition coefficient (Wildman–Crippen LogP) is 2.71. The van der Waals surface area contributed by atoms with E-state index in [4.69, 9.17) is 0 Å². The first-order valence-electron chi connectivity index (χ1n) is 5.05. The number of hydrogen-bond acceptors (Lipinski definition) is 2. The fourth-order valence-electron chi connectivity index (χ4n) is 1.52. The van der Waals surface area contributed by atoms with Crippen LogP contribution in [-0.4, -0.2) is 10.9 Å². The largest absolute Gasteiger partial charge is 0.310 e. The summed E-state index contributed by atoms with van der Waals surface area (Å²) in [7, 11) is 0. The van der Waals surface area contributed by atoms with E-state index in [-0.39, 0.29) is 5.91 Å². The lowest BCUT2D eigenvalue weighted by atomic mass is 10.1. The molecule has 1 N–H and O–H groups in total. The van der Waals surface area contributed by atoms with Crippen LogP contribution in [0.15, 0.2) is 48.7 Å². The Morgan fingerprint density at radius 1 is 1.12 bits per heavy atom. The topological polar surface area (TPSA) is 42.0 Å². The first-order chi connectivity index (χ1) is 7.77. The molecule has 0 radical (unpaired) electrons. The van der Waals surface area contributed by atoms with Gasteiger partial charge >= 0.3 is 0 Å². The highest BCUT2D eigenvalue weighted by atomic mass is 16.1. The lowest BCUT2D eigenvalue weighted by Gasteiger charge is -2.08. The summed E-state index contributed by atoms with van der Waals surface area (Å²) in [5, 5.41) is 2.72. The maximum Gasteiger partial charge on any atom is 0.222 e. The summed E-state index contributed by atoms with van der Waals surface area (Å²) in [5.41, 5.74) is 1.97. The van der Waals surface area contributed by atoms with Crippen molar-refractivity contribution in [2.45, 2.75) is 6.92 Å². The van der Waals surface area contributed by atoms with Crippen molar-refractivity contribution in [2.75, 3.05) is 5.32 Å². The molecule has 80 valence electrons. The van der Waals surface area contributed by atoms with E-state index in [1.165, 1.54) is 6.92 Å². The molecule has 0 aliphatic heterocycles. The lowest BCUT2D eigenvalue weighted by Crippen LogP contribution is -2.08. The molecular formula is C13H12N2O. The zero-order valence-electron chi connectivity index (χ0n) is 8.97. The standard InChI is InChI=1S/C13H12N2O/c1-10(16)15-13-12(8-5-9-14-13)11-6-3-2-4-7-11/h2-9H,1H3,(H,14,15,16). The molecule has 0 spiro atoms. The fraction of sp³-hybridized carbons (Fsp3) is 0.0769. The first-order valence-corrected chi connectivity index (χ1v) is 5.05. The van der Waals surface area contributed by atoms with Gasteiger partial charge in [-0.15, -0.1) is 0 Å². The van der Waals surface area contributed by atoms with Crippen LogP contribution in [0.5, 0.6) is 0 Å². The van der Waals surface area contributed by atoms with Gasteiger partial charge < -0.3 is 5.32 Å². The van der Waals surface area contributed by atoms with E-state index in [1.54, 1.807) is 6.20 Å². The molecular weight excluding hydrogens is 200 g/mol. The SMILES string of the molecule is CC(=O)Nc1ncccc1-c1ccccc1. The summed E-state index contributed by atoms with van der Waals surface area (Å²) in [6.07, 6.45) is 1.66. The van der Waals surface area contributed by atoms with Crippen LogP contribution in [-0.2, 0) is 4.79 Å². The number of pyridine rings is 1. The second-order valence-electron chi connectivity index (χ2n) is 3.45. The summed E-state index contributed by atoms with van der Waals surface area (Å²) in [4.78, 5) is 15.2. The van der Waals surface area contributed by atoms with Crippen molar-refractivity contribution in [1.29, 1.82) is 0 Å². The molecule has 1 heterocycles. The zero-order valence-corrected chi connectivity index (χ0v) is 8.97. The molecule has 1 aromatic heterocycles. The minimum atomic E-state index is -0.115. The molecule has 0 saturated carbocycles. The predicted molar refractivity (Wildman–Crippen MR) is 64.0 cm³/mol. The number of carbonyl (C=O) groups excluding carboxylic acids is 1. The molecule has 0 fully saturated rings. The van der Waals surface area contributed by atoms with Crippen molar-refractivity contribution in [3.63, 3.8) is 0 Å². The van der Waals surface area contributed by atoms with Gasteiger partial charge in [-0.05, 0) is 17.7 Å². The van der Waals surface area contributed by atoms with Crippen LogP contribution in [0.3, 0.4) is 0 Å². The number of nitrogens with zero attached hydrogens (tertiary/aromatic N) is 1. The number of hydrogen-bond donors (Lipinski definition) is 1. The number of aromatic nitrogens is 1. The summed E-state index contributed by atoms with van der Waals surface area (Å²) in [6.45, 7) is 1.48. The Hall–Kier alpha value is -2.16. The Balaban J connectivity index is 2.44. The highest BCUT2D eigenvalue weighted by molar-refractivity contribution is 5.92. The number of amides is 1. The van der Waals surface area contributed by atoms with E-state index in [0.29, 0.717) is 5.82 Å². The molecule has 0 aliphatic rings. The van der Waals surface area contributed by atoms with Crippen molar-refractivity contribution < 1.29 is 4.79 Å². The van der Waals surface area contributed by atoms with Gasteiger partial charge in [0.2, 0.25) is 5.91 Å². The van der Waals surface area contributed by atoms with Crippen molar-refractivity contribution in [3.05, 3.63) is 48.7 Å². The fourth-order valence-corrected chi connectivity index (χ4v) is 1.52. The molecule has 3 heteroatoms. The van der Waals surface area contributed by atoms with Crippen LogP contribution in [0.1, 0.15) is 6.92 Å². The maximum atomic E-state index is 11.0. The molecule has 1 amide bonds.